The molecule has 0 radical (unpaired) electrons. The van der Waals surface area contributed by atoms with Crippen molar-refractivity contribution < 1.29 is 35.9 Å². The van der Waals surface area contributed by atoms with E-state index in [1.54, 1.807) is 0 Å². The highest BCUT2D eigenvalue weighted by atomic mass is 35.5. The third kappa shape index (κ3) is 5.11. The summed E-state index contributed by atoms with van der Waals surface area (Å²) in [6.45, 7) is 0.742. The summed E-state index contributed by atoms with van der Waals surface area (Å²) in [6.07, 6.45) is -7.85. The monoisotopic (exact) mass is 561 g/mol. The average molecular weight is 562 g/mol. The van der Waals surface area contributed by atoms with Gasteiger partial charge in [0, 0.05) is 5.39 Å². The van der Waals surface area contributed by atoms with Crippen LogP contribution in [0.5, 0.6) is 0 Å². The number of hydrogen-bond donors (Lipinski definition) is 2. The predicted octanol–water partition coefficient (Wildman–Crippen LogP) is 5.95. The van der Waals surface area contributed by atoms with E-state index in [-0.39, 0.29) is 42.6 Å². The molecule has 3 heterocycles. The van der Waals surface area contributed by atoms with Gasteiger partial charge < -0.3 is 11.1 Å². The number of primary amides is 1. The van der Waals surface area contributed by atoms with Crippen LogP contribution in [0.1, 0.15) is 33.2 Å². The Bertz CT molecular complexity index is 1530. The number of pyridine rings is 1. The molecule has 4 aromatic rings. The second-order valence-electron chi connectivity index (χ2n) is 7.70. The van der Waals surface area contributed by atoms with Crippen molar-refractivity contribution in [3.8, 4) is 11.1 Å². The van der Waals surface area contributed by atoms with Gasteiger partial charge in [-0.05, 0) is 36.2 Å². The Kier molecular flexibility index (Phi) is 6.90. The minimum Gasteiger partial charge on any atom is -0.365 e. The van der Waals surface area contributed by atoms with Crippen molar-refractivity contribution in [3.63, 3.8) is 0 Å². The van der Waals surface area contributed by atoms with E-state index in [1.165, 1.54) is 19.1 Å². The van der Waals surface area contributed by atoms with Gasteiger partial charge in [-0.25, -0.2) is 18.2 Å². The number of nitrogens with two attached hydrogens (primary N) is 1. The Morgan fingerprint density at radius 3 is 2.41 bits per heavy atom. The topological polar surface area (TPSA) is 103 Å². The molecule has 1 aromatic carbocycles. The summed E-state index contributed by atoms with van der Waals surface area (Å²) in [7, 11) is 0. The lowest BCUT2D eigenvalue weighted by molar-refractivity contribution is -0.140. The standard InChI is InChI=1S/C22H14ClF6N5O2S/c1-8-15(23)17(19(25)26)33-34(8)7-13(35)32-16-14-11(9-2-4-10(24)5-3-9)6-12(22(27,28)29)31-21(14)37-18(16)20(30)36/h2-6,19H,7H2,1H3,(H2,30,36)(H,32,35). The fourth-order valence-electron chi connectivity index (χ4n) is 3.55. The highest BCUT2D eigenvalue weighted by Crippen LogP contribution is 2.43. The van der Waals surface area contributed by atoms with Gasteiger partial charge in [0.15, 0.2) is 0 Å². The third-order valence-corrected chi connectivity index (χ3v) is 6.82. The molecular weight excluding hydrogens is 548 g/mol. The number of thiophene rings is 1. The molecule has 15 heteroatoms. The van der Waals surface area contributed by atoms with E-state index in [0.29, 0.717) is 17.4 Å². The second kappa shape index (κ2) is 9.67. The van der Waals surface area contributed by atoms with E-state index in [9.17, 15) is 35.9 Å². The van der Waals surface area contributed by atoms with E-state index in [2.05, 4.69) is 15.4 Å². The van der Waals surface area contributed by atoms with E-state index >= 15 is 0 Å². The van der Waals surface area contributed by atoms with Crippen LogP contribution in [0.25, 0.3) is 21.3 Å². The van der Waals surface area contributed by atoms with Crippen LogP contribution in [0.15, 0.2) is 30.3 Å². The van der Waals surface area contributed by atoms with Crippen molar-refractivity contribution in [3.05, 3.63) is 63.1 Å². The molecule has 7 nitrogen and oxygen atoms in total. The van der Waals surface area contributed by atoms with Gasteiger partial charge in [-0.15, -0.1) is 11.3 Å². The molecular formula is C22H14ClF6N5O2S. The van der Waals surface area contributed by atoms with Crippen molar-refractivity contribution in [2.45, 2.75) is 26.1 Å². The van der Waals surface area contributed by atoms with Crippen molar-refractivity contribution in [2.24, 2.45) is 5.73 Å². The number of carbonyl (C=O) groups excluding carboxylic acids is 2. The molecule has 0 aliphatic heterocycles. The van der Waals surface area contributed by atoms with Gasteiger partial charge in [0.1, 0.15) is 33.5 Å². The Morgan fingerprint density at radius 2 is 1.86 bits per heavy atom. The van der Waals surface area contributed by atoms with Crippen LogP contribution in [0.4, 0.5) is 32.0 Å². The fourth-order valence-corrected chi connectivity index (χ4v) is 4.77. The number of amides is 2. The van der Waals surface area contributed by atoms with Crippen LogP contribution in [0, 0.1) is 12.7 Å². The first-order chi connectivity index (χ1) is 17.3. The summed E-state index contributed by atoms with van der Waals surface area (Å²) in [5, 5.41) is 5.66. The molecule has 0 saturated heterocycles. The lowest BCUT2D eigenvalue weighted by Crippen LogP contribution is -2.22. The lowest BCUT2D eigenvalue weighted by Gasteiger charge is -2.13. The molecule has 3 aromatic heterocycles. The summed E-state index contributed by atoms with van der Waals surface area (Å²) in [4.78, 5) is 28.0. The minimum absolute atomic E-state index is 0.0461. The largest absolute Gasteiger partial charge is 0.433 e. The van der Waals surface area contributed by atoms with Gasteiger partial charge in [0.05, 0.1) is 16.4 Å². The molecule has 0 fully saturated rings. The SMILES string of the molecule is Cc1c(Cl)c(C(F)F)nn1CC(=O)Nc1c(C(N)=O)sc2nc(C(F)(F)F)cc(-c3ccc(F)cc3)c12. The maximum atomic E-state index is 13.6. The van der Waals surface area contributed by atoms with Gasteiger partial charge in [0.25, 0.3) is 12.3 Å². The Hall–Kier alpha value is -3.65. The first-order valence-electron chi connectivity index (χ1n) is 10.2. The quantitative estimate of drug-likeness (QED) is 0.284. The maximum absolute atomic E-state index is 13.6. The van der Waals surface area contributed by atoms with Gasteiger partial charge >= 0.3 is 6.18 Å². The highest BCUT2D eigenvalue weighted by molar-refractivity contribution is 7.21. The predicted molar refractivity (Wildman–Crippen MR) is 124 cm³/mol. The smallest absolute Gasteiger partial charge is 0.365 e. The zero-order valence-electron chi connectivity index (χ0n) is 18.5. The van der Waals surface area contributed by atoms with Crippen molar-refractivity contribution in [1.82, 2.24) is 14.8 Å². The van der Waals surface area contributed by atoms with Crippen molar-refractivity contribution in [1.29, 1.82) is 0 Å². The third-order valence-electron chi connectivity index (χ3n) is 5.25. The molecule has 0 bridgehead atoms. The summed E-state index contributed by atoms with van der Waals surface area (Å²) >= 11 is 6.37. The van der Waals surface area contributed by atoms with Crippen LogP contribution >= 0.6 is 22.9 Å². The van der Waals surface area contributed by atoms with Gasteiger partial charge in [-0.2, -0.15) is 18.3 Å². The number of benzene rings is 1. The Labute approximate surface area is 212 Å². The molecule has 0 saturated carbocycles. The maximum Gasteiger partial charge on any atom is 0.433 e. The Balaban J connectivity index is 1.86. The fraction of sp³-hybridized carbons (Fsp3) is 0.182. The molecule has 3 N–H and O–H groups in total. The molecule has 0 atom stereocenters. The molecule has 0 aliphatic rings. The Morgan fingerprint density at radius 1 is 1.22 bits per heavy atom. The highest BCUT2D eigenvalue weighted by Gasteiger charge is 2.35. The van der Waals surface area contributed by atoms with Gasteiger partial charge in [-0.1, -0.05) is 23.7 Å². The zero-order valence-corrected chi connectivity index (χ0v) is 20.0. The number of halogens is 7. The number of rotatable bonds is 6. The number of nitrogens with zero attached hydrogens (tertiary/aromatic N) is 3. The molecule has 0 spiro atoms. The second-order valence-corrected chi connectivity index (χ2v) is 9.08. The summed E-state index contributed by atoms with van der Waals surface area (Å²) in [5.41, 5.74) is 3.29. The van der Waals surface area contributed by atoms with Crippen LogP contribution in [-0.2, 0) is 17.5 Å². The van der Waals surface area contributed by atoms with Crippen LogP contribution in [0.3, 0.4) is 0 Å². The lowest BCUT2D eigenvalue weighted by atomic mass is 10.0. The molecule has 0 aliphatic carbocycles. The molecule has 4 rings (SSSR count). The number of fused-ring (bicyclic) bond motifs is 1. The van der Waals surface area contributed by atoms with E-state index in [0.717, 1.165) is 16.8 Å². The first-order valence-corrected chi connectivity index (χ1v) is 11.4. The van der Waals surface area contributed by atoms with Crippen LogP contribution in [-0.4, -0.2) is 26.6 Å². The van der Waals surface area contributed by atoms with E-state index in [1.807, 2.05) is 0 Å². The number of alkyl halides is 5. The normalized spacial score (nSPS) is 11.9. The van der Waals surface area contributed by atoms with E-state index < -0.39 is 48.2 Å². The number of carbonyl (C=O) groups is 2. The average Bonchev–Trinajstić information content (AvgIpc) is 3.31. The van der Waals surface area contributed by atoms with Gasteiger partial charge in [0.2, 0.25) is 5.91 Å². The summed E-state index contributed by atoms with van der Waals surface area (Å²) in [6, 6.07) is 5.20. The van der Waals surface area contributed by atoms with E-state index in [4.69, 9.17) is 17.3 Å². The zero-order chi connectivity index (χ0) is 27.2. The number of nitrogens with one attached hydrogen (secondary N) is 1. The van der Waals surface area contributed by atoms with Crippen LogP contribution < -0.4 is 11.1 Å². The number of hydrogen-bond acceptors (Lipinski definition) is 5. The molecule has 37 heavy (non-hydrogen) atoms. The summed E-state index contributed by atoms with van der Waals surface area (Å²) in [5.74, 6) is -2.57. The first kappa shape index (κ1) is 26.4. The van der Waals surface area contributed by atoms with Crippen molar-refractivity contribution in [2.75, 3.05) is 5.32 Å². The molecule has 2 amide bonds. The van der Waals surface area contributed by atoms with Gasteiger partial charge in [-0.3, -0.25) is 14.3 Å². The number of aromatic nitrogens is 3. The minimum atomic E-state index is -4.86. The summed E-state index contributed by atoms with van der Waals surface area (Å²) < 4.78 is 81.3. The molecule has 0 unspecified atom stereocenters. The molecule has 194 valence electrons. The van der Waals surface area contributed by atoms with Crippen LogP contribution in [0.2, 0.25) is 5.02 Å². The van der Waals surface area contributed by atoms with Crippen molar-refractivity contribution >= 4 is 50.7 Å². The number of anilines is 1.